The lowest BCUT2D eigenvalue weighted by Gasteiger charge is -1.87. The molecule has 0 saturated carbocycles. The van der Waals surface area contributed by atoms with Crippen LogP contribution in [0.2, 0.25) is 1.41 Å². The molecule has 0 amide bonds. The first-order valence-electron chi connectivity index (χ1n) is 4.80. The van der Waals surface area contributed by atoms with Crippen molar-refractivity contribution < 1.29 is 1.41 Å². The molecule has 62 valence electrons. The van der Waals surface area contributed by atoms with E-state index in [0.717, 1.165) is 21.8 Å². The normalized spacial score (nSPS) is 12.2. The molecule has 0 atom stereocenters. The van der Waals surface area contributed by atoms with Gasteiger partial charge in [-0.05, 0) is 12.1 Å². The van der Waals surface area contributed by atoms with Gasteiger partial charge in [-0.25, -0.2) is 0 Å². The first kappa shape index (κ1) is 5.81. The molecule has 1 heterocycles. The number of aromatic nitrogens is 1. The Balaban J connectivity index is 2.69. The Morgan fingerprint density at radius 3 is 1.77 bits per heavy atom. The van der Waals surface area contributed by atoms with E-state index in [2.05, 4.69) is 12.1 Å². The third-order valence-electron chi connectivity index (χ3n) is 2.34. The molecule has 3 aromatic rings. The number of nitrogens with one attached hydrogen (secondary N) is 1. The summed E-state index contributed by atoms with van der Waals surface area (Å²) in [5.74, 6) is 0. The number of fused-ring (bicyclic) bond motifs is 3. The second-order valence-electron chi connectivity index (χ2n) is 3.15. The van der Waals surface area contributed by atoms with Crippen molar-refractivity contribution >= 4 is 21.8 Å². The summed E-state index contributed by atoms with van der Waals surface area (Å²) < 4.78 is 7.93. The van der Waals surface area contributed by atoms with Crippen LogP contribution in [-0.2, 0) is 0 Å². The van der Waals surface area contributed by atoms with Crippen LogP contribution >= 0.6 is 0 Å². The number of aromatic amines is 1. The number of hydrogen-bond acceptors (Lipinski definition) is 0. The average molecular weight is 168 g/mol. The molecule has 0 aliphatic rings. The molecule has 0 radical (unpaired) electrons. The average Bonchev–Trinajstić information content (AvgIpc) is 2.55. The van der Waals surface area contributed by atoms with Crippen LogP contribution in [0.4, 0.5) is 0 Å². The van der Waals surface area contributed by atoms with Gasteiger partial charge in [0.2, 0.25) is 0 Å². The lowest BCUT2D eigenvalue weighted by molar-refractivity contribution is 1.55. The highest BCUT2D eigenvalue weighted by molar-refractivity contribution is 6.06. The van der Waals surface area contributed by atoms with Crippen LogP contribution in [0.5, 0.6) is 0 Å². The van der Waals surface area contributed by atoms with Crippen LogP contribution in [0.3, 0.4) is 0 Å². The summed E-state index contributed by atoms with van der Waals surface area (Å²) in [5, 5.41) is 2.30. The zero-order valence-corrected chi connectivity index (χ0v) is 7.07. The largest absolute Gasteiger partial charge is 0.355 e. The number of H-pyrrole nitrogens is 1. The van der Waals surface area contributed by atoms with Crippen molar-refractivity contribution in [2.75, 3.05) is 0 Å². The number of rotatable bonds is 0. The molecule has 1 nitrogen and oxygen atoms in total. The van der Waals surface area contributed by atoms with Crippen LogP contribution in [0.1, 0.15) is 0 Å². The monoisotopic (exact) mass is 168 g/mol. The lowest BCUT2D eigenvalue weighted by atomic mass is 10.2. The van der Waals surface area contributed by atoms with E-state index < -0.39 is 0 Å². The van der Waals surface area contributed by atoms with Crippen molar-refractivity contribution in [1.82, 2.24) is 4.98 Å². The lowest BCUT2D eigenvalue weighted by Crippen LogP contribution is -1.62. The van der Waals surface area contributed by atoms with Gasteiger partial charge in [0, 0.05) is 21.8 Å². The third kappa shape index (κ3) is 0.872. The Morgan fingerprint density at radius 2 is 1.23 bits per heavy atom. The van der Waals surface area contributed by atoms with E-state index in [0.29, 0.717) is 0 Å². The summed E-state index contributed by atoms with van der Waals surface area (Å²) in [6.45, 7) is 0. The van der Waals surface area contributed by atoms with Crippen molar-refractivity contribution in [3.63, 3.8) is 0 Å². The van der Waals surface area contributed by atoms with E-state index in [9.17, 15) is 0 Å². The van der Waals surface area contributed by atoms with E-state index in [1.165, 1.54) is 4.98 Å². The Kier molecular flexibility index (Phi) is 1.06. The van der Waals surface area contributed by atoms with E-state index in [-0.39, 0.29) is 0 Å². The molecule has 0 aliphatic carbocycles. The first-order valence-corrected chi connectivity index (χ1v) is 4.35. The minimum atomic E-state index is 0.966. The molecule has 3 rings (SSSR count). The van der Waals surface area contributed by atoms with E-state index in [1.807, 2.05) is 36.4 Å². The van der Waals surface area contributed by atoms with Crippen LogP contribution in [0.25, 0.3) is 21.8 Å². The van der Waals surface area contributed by atoms with Gasteiger partial charge in [-0.2, -0.15) is 0 Å². The van der Waals surface area contributed by atoms with Gasteiger partial charge in [0.05, 0.1) is 0 Å². The molecule has 13 heavy (non-hydrogen) atoms. The summed E-state index contributed by atoms with van der Waals surface area (Å²) in [5.41, 5.74) is 1.93. The minimum absolute atomic E-state index is 0.966. The molecular formula is C12H9N. The maximum Gasteiger partial charge on any atom is 0.167 e. The molecule has 0 fully saturated rings. The molecule has 0 spiro atoms. The van der Waals surface area contributed by atoms with Crippen LogP contribution in [0.15, 0.2) is 48.5 Å². The summed E-state index contributed by atoms with van der Waals surface area (Å²) >= 11 is 0. The Morgan fingerprint density at radius 1 is 0.769 bits per heavy atom. The van der Waals surface area contributed by atoms with Crippen molar-refractivity contribution in [3.05, 3.63) is 48.5 Å². The smallest absolute Gasteiger partial charge is 0.167 e. The number of hydrogen-bond donors (Lipinski definition) is 1. The fourth-order valence-corrected chi connectivity index (χ4v) is 1.73. The predicted molar refractivity (Wildman–Crippen MR) is 55.8 cm³/mol. The molecular weight excluding hydrogens is 158 g/mol. The molecule has 1 heteroatoms. The highest BCUT2D eigenvalue weighted by atomic mass is 14.7. The van der Waals surface area contributed by atoms with Crippen LogP contribution in [-0.4, -0.2) is 4.98 Å². The second-order valence-corrected chi connectivity index (χ2v) is 3.15. The van der Waals surface area contributed by atoms with Crippen molar-refractivity contribution in [3.8, 4) is 0 Å². The molecule has 0 saturated heterocycles. The molecule has 0 aliphatic heterocycles. The zero-order valence-electron chi connectivity index (χ0n) is 8.07. The fourth-order valence-electron chi connectivity index (χ4n) is 1.73. The molecule has 2 aromatic carbocycles. The van der Waals surface area contributed by atoms with Gasteiger partial charge in [0.15, 0.2) is 1.41 Å². The number of para-hydroxylation sites is 2. The maximum atomic E-state index is 7.93. The van der Waals surface area contributed by atoms with Gasteiger partial charge in [-0.15, -0.1) is 0 Å². The highest BCUT2D eigenvalue weighted by Crippen LogP contribution is 2.24. The summed E-state index contributed by atoms with van der Waals surface area (Å²) in [7, 11) is 0. The van der Waals surface area contributed by atoms with Crippen molar-refractivity contribution in [2.24, 2.45) is 0 Å². The first-order chi connectivity index (χ1) is 6.88. The van der Waals surface area contributed by atoms with Gasteiger partial charge in [-0.1, -0.05) is 36.4 Å². The van der Waals surface area contributed by atoms with Crippen LogP contribution < -0.4 is 0 Å². The number of benzene rings is 2. The molecule has 1 N–H and O–H groups in total. The third-order valence-corrected chi connectivity index (χ3v) is 2.34. The summed E-state index contributed by atoms with van der Waals surface area (Å²) in [6.07, 6.45) is 0. The molecule has 0 bridgehead atoms. The van der Waals surface area contributed by atoms with Crippen LogP contribution in [0, 0.1) is 0 Å². The highest BCUT2D eigenvalue weighted by Gasteiger charge is 2.00. The van der Waals surface area contributed by atoms with Gasteiger partial charge in [0.1, 0.15) is 0 Å². The minimum Gasteiger partial charge on any atom is -0.355 e. The SMILES string of the molecule is [2H]n1c2ccccc2c2ccccc21. The van der Waals surface area contributed by atoms with E-state index >= 15 is 0 Å². The van der Waals surface area contributed by atoms with Gasteiger partial charge in [-0.3, -0.25) is 0 Å². The predicted octanol–water partition coefficient (Wildman–Crippen LogP) is 3.32. The van der Waals surface area contributed by atoms with E-state index in [1.54, 1.807) is 0 Å². The fraction of sp³-hybridized carbons (Fsp3) is 0. The second kappa shape index (κ2) is 2.36. The quantitative estimate of drug-likeness (QED) is 0.530. The zero-order chi connectivity index (χ0) is 9.54. The van der Waals surface area contributed by atoms with Crippen molar-refractivity contribution in [2.45, 2.75) is 0 Å². The molecule has 0 unspecified atom stereocenters. The topological polar surface area (TPSA) is 15.8 Å². The summed E-state index contributed by atoms with van der Waals surface area (Å²) in [6, 6.07) is 16.0. The Bertz CT molecular complexity index is 557. The summed E-state index contributed by atoms with van der Waals surface area (Å²) in [4.78, 5) is 1.49. The maximum absolute atomic E-state index is 7.93. The van der Waals surface area contributed by atoms with Gasteiger partial charge < -0.3 is 4.98 Å². The Labute approximate surface area is 77.5 Å². The standard InChI is InChI=1S/C12H9N/c1-3-7-11-9(5-1)10-6-2-4-8-12(10)13-11/h1-8,13H/i/hD. The van der Waals surface area contributed by atoms with Gasteiger partial charge in [0.25, 0.3) is 0 Å². The Hall–Kier alpha value is -1.76. The molecule has 1 aromatic heterocycles. The van der Waals surface area contributed by atoms with E-state index in [4.69, 9.17) is 1.41 Å². The van der Waals surface area contributed by atoms with Gasteiger partial charge >= 0.3 is 0 Å². The van der Waals surface area contributed by atoms with Crippen molar-refractivity contribution in [1.29, 1.82) is 0 Å².